The van der Waals surface area contributed by atoms with Gasteiger partial charge in [0.1, 0.15) is 5.58 Å². The lowest BCUT2D eigenvalue weighted by Gasteiger charge is -2.34. The molecular formula is C21H27N3O4. The van der Waals surface area contributed by atoms with Gasteiger partial charge >= 0.3 is 11.8 Å². The first kappa shape index (κ1) is 19.9. The van der Waals surface area contributed by atoms with Crippen LogP contribution in [0.1, 0.15) is 30.5 Å². The number of carbonyl (C=O) groups is 3. The van der Waals surface area contributed by atoms with Crippen molar-refractivity contribution >= 4 is 28.7 Å². The van der Waals surface area contributed by atoms with Gasteiger partial charge in [-0.2, -0.15) is 0 Å². The van der Waals surface area contributed by atoms with Crippen molar-refractivity contribution in [1.82, 2.24) is 15.1 Å². The van der Waals surface area contributed by atoms with Gasteiger partial charge in [0.15, 0.2) is 0 Å². The Morgan fingerprint density at radius 3 is 2.36 bits per heavy atom. The monoisotopic (exact) mass is 385 g/mol. The Morgan fingerprint density at radius 2 is 1.71 bits per heavy atom. The number of hydrogen-bond acceptors (Lipinski definition) is 4. The topological polar surface area (TPSA) is 82.9 Å². The lowest BCUT2D eigenvalue weighted by atomic mass is 10.0. The van der Waals surface area contributed by atoms with Gasteiger partial charge in [-0.1, -0.05) is 12.1 Å². The third-order valence-electron chi connectivity index (χ3n) is 5.22. The second-order valence-corrected chi connectivity index (χ2v) is 7.62. The van der Waals surface area contributed by atoms with Gasteiger partial charge in [-0.3, -0.25) is 14.4 Å². The Morgan fingerprint density at radius 1 is 1.07 bits per heavy atom. The molecule has 28 heavy (non-hydrogen) atoms. The Hall–Kier alpha value is -2.83. The van der Waals surface area contributed by atoms with Gasteiger partial charge < -0.3 is 19.5 Å². The maximum atomic E-state index is 12.7. The highest BCUT2D eigenvalue weighted by Gasteiger charge is 2.28. The summed E-state index contributed by atoms with van der Waals surface area (Å²) in [6, 6.07) is 3.94. The molecule has 0 aliphatic carbocycles. The van der Waals surface area contributed by atoms with Gasteiger partial charge in [-0.05, 0) is 38.8 Å². The molecule has 1 N–H and O–H groups in total. The van der Waals surface area contributed by atoms with Crippen LogP contribution in [0.2, 0.25) is 0 Å². The fourth-order valence-corrected chi connectivity index (χ4v) is 3.43. The molecule has 2 heterocycles. The van der Waals surface area contributed by atoms with Crippen molar-refractivity contribution in [2.24, 2.45) is 0 Å². The quantitative estimate of drug-likeness (QED) is 0.817. The van der Waals surface area contributed by atoms with Crippen molar-refractivity contribution in [3.8, 4) is 0 Å². The average Bonchev–Trinajstić information content (AvgIpc) is 3.07. The number of fused-ring (bicyclic) bond motifs is 1. The van der Waals surface area contributed by atoms with Crippen LogP contribution in [0.5, 0.6) is 0 Å². The first-order valence-electron chi connectivity index (χ1n) is 9.61. The fraction of sp³-hybridized carbons (Fsp3) is 0.476. The molecule has 0 atom stereocenters. The maximum absolute atomic E-state index is 12.7. The number of rotatable bonds is 3. The molecule has 3 rings (SSSR count). The summed E-state index contributed by atoms with van der Waals surface area (Å²) in [7, 11) is 0. The SMILES string of the molecule is Cc1ccc2c(CC(=O)N3CCN(C(=O)C(=O)NC(C)C)CC3)coc2c1C. The van der Waals surface area contributed by atoms with Crippen molar-refractivity contribution < 1.29 is 18.8 Å². The zero-order chi connectivity index (χ0) is 20.4. The number of amides is 3. The number of aryl methyl sites for hydroxylation is 2. The molecule has 1 aliphatic heterocycles. The molecule has 0 spiro atoms. The summed E-state index contributed by atoms with van der Waals surface area (Å²) in [5, 5.41) is 3.58. The minimum absolute atomic E-state index is 0.000316. The predicted octanol–water partition coefficient (Wildman–Crippen LogP) is 1.79. The van der Waals surface area contributed by atoms with E-state index in [9.17, 15) is 14.4 Å². The van der Waals surface area contributed by atoms with Gasteiger partial charge in [0.25, 0.3) is 0 Å². The molecule has 0 radical (unpaired) electrons. The fourth-order valence-electron chi connectivity index (χ4n) is 3.43. The summed E-state index contributed by atoms with van der Waals surface area (Å²) in [5.41, 5.74) is 3.94. The second-order valence-electron chi connectivity index (χ2n) is 7.62. The van der Waals surface area contributed by atoms with Crippen LogP contribution in [0.3, 0.4) is 0 Å². The summed E-state index contributed by atoms with van der Waals surface area (Å²) < 4.78 is 5.69. The van der Waals surface area contributed by atoms with Gasteiger partial charge in [-0.15, -0.1) is 0 Å². The molecule has 0 bridgehead atoms. The van der Waals surface area contributed by atoms with Gasteiger partial charge in [0.2, 0.25) is 5.91 Å². The second kappa shape index (κ2) is 8.04. The number of piperazine rings is 1. The molecule has 2 aromatic rings. The molecule has 7 nitrogen and oxygen atoms in total. The zero-order valence-electron chi connectivity index (χ0n) is 16.9. The lowest BCUT2D eigenvalue weighted by molar-refractivity contribution is -0.148. The maximum Gasteiger partial charge on any atom is 0.312 e. The Kier molecular flexibility index (Phi) is 5.72. The normalized spacial score (nSPS) is 14.6. The number of nitrogens with one attached hydrogen (secondary N) is 1. The number of nitrogens with zero attached hydrogens (tertiary/aromatic N) is 2. The van der Waals surface area contributed by atoms with Crippen LogP contribution in [0, 0.1) is 13.8 Å². The highest BCUT2D eigenvalue weighted by Crippen LogP contribution is 2.27. The van der Waals surface area contributed by atoms with Crippen molar-refractivity contribution in [2.75, 3.05) is 26.2 Å². The number of benzene rings is 1. The van der Waals surface area contributed by atoms with Crippen LogP contribution in [-0.2, 0) is 20.8 Å². The molecule has 3 amide bonds. The molecule has 1 fully saturated rings. The van der Waals surface area contributed by atoms with E-state index in [-0.39, 0.29) is 18.4 Å². The minimum atomic E-state index is -0.592. The highest BCUT2D eigenvalue weighted by atomic mass is 16.3. The van der Waals surface area contributed by atoms with Crippen molar-refractivity contribution in [2.45, 2.75) is 40.2 Å². The average molecular weight is 385 g/mol. The molecule has 7 heteroatoms. The van der Waals surface area contributed by atoms with Crippen molar-refractivity contribution in [3.05, 3.63) is 35.1 Å². The Labute approximate surface area is 164 Å². The Balaban J connectivity index is 1.60. The van der Waals surface area contributed by atoms with E-state index in [0.29, 0.717) is 26.2 Å². The van der Waals surface area contributed by atoms with E-state index in [0.717, 1.165) is 27.7 Å². The molecule has 1 aromatic carbocycles. The van der Waals surface area contributed by atoms with Gasteiger partial charge in [0.05, 0.1) is 12.7 Å². The van der Waals surface area contributed by atoms with Crippen molar-refractivity contribution in [3.63, 3.8) is 0 Å². The van der Waals surface area contributed by atoms with Crippen molar-refractivity contribution in [1.29, 1.82) is 0 Å². The predicted molar refractivity (Wildman–Crippen MR) is 106 cm³/mol. The first-order valence-corrected chi connectivity index (χ1v) is 9.61. The molecular weight excluding hydrogens is 358 g/mol. The highest BCUT2D eigenvalue weighted by molar-refractivity contribution is 6.35. The summed E-state index contributed by atoms with van der Waals surface area (Å²) in [6.45, 7) is 9.24. The molecule has 1 saturated heterocycles. The van der Waals surface area contributed by atoms with Gasteiger partial charge in [-0.25, -0.2) is 0 Å². The van der Waals surface area contributed by atoms with Crippen LogP contribution < -0.4 is 5.32 Å². The van der Waals surface area contributed by atoms with Crippen LogP contribution in [-0.4, -0.2) is 59.7 Å². The third-order valence-corrected chi connectivity index (χ3v) is 5.22. The van der Waals surface area contributed by atoms with Crippen LogP contribution in [0.4, 0.5) is 0 Å². The summed E-state index contributed by atoms with van der Waals surface area (Å²) in [6.07, 6.45) is 1.92. The van der Waals surface area contributed by atoms with E-state index in [4.69, 9.17) is 4.42 Å². The van der Waals surface area contributed by atoms with E-state index in [2.05, 4.69) is 5.32 Å². The molecule has 150 valence electrons. The van der Waals surface area contributed by atoms with E-state index in [1.807, 2.05) is 39.8 Å². The summed E-state index contributed by atoms with van der Waals surface area (Å²) in [5.74, 6) is -1.13. The standard InChI is InChI=1S/C21H27N3O4/c1-13(2)22-20(26)21(27)24-9-7-23(8-10-24)18(25)11-16-12-28-19-15(4)14(3)5-6-17(16)19/h5-6,12-13H,7-11H2,1-4H3,(H,22,26). The van der Waals surface area contributed by atoms with Gasteiger partial charge in [0, 0.05) is 43.2 Å². The lowest BCUT2D eigenvalue weighted by Crippen LogP contribution is -2.54. The van der Waals surface area contributed by atoms with Crippen LogP contribution in [0.15, 0.2) is 22.8 Å². The first-order chi connectivity index (χ1) is 13.3. The van der Waals surface area contributed by atoms with Crippen LogP contribution >= 0.6 is 0 Å². The van der Waals surface area contributed by atoms with Crippen LogP contribution in [0.25, 0.3) is 11.0 Å². The molecule has 0 saturated carbocycles. The smallest absolute Gasteiger partial charge is 0.312 e. The Bertz CT molecular complexity index is 908. The number of furan rings is 1. The van der Waals surface area contributed by atoms with E-state index in [1.165, 1.54) is 4.90 Å². The van der Waals surface area contributed by atoms with E-state index < -0.39 is 11.8 Å². The summed E-state index contributed by atoms with van der Waals surface area (Å²) >= 11 is 0. The van der Waals surface area contributed by atoms with E-state index >= 15 is 0 Å². The molecule has 1 aliphatic rings. The third kappa shape index (κ3) is 4.03. The zero-order valence-corrected chi connectivity index (χ0v) is 16.9. The molecule has 0 unspecified atom stereocenters. The number of carbonyl (C=O) groups excluding carboxylic acids is 3. The minimum Gasteiger partial charge on any atom is -0.464 e. The summed E-state index contributed by atoms with van der Waals surface area (Å²) in [4.78, 5) is 40.0. The number of hydrogen-bond donors (Lipinski definition) is 1. The van der Waals surface area contributed by atoms with E-state index in [1.54, 1.807) is 11.2 Å². The molecule has 1 aromatic heterocycles. The largest absolute Gasteiger partial charge is 0.464 e.